The summed E-state index contributed by atoms with van der Waals surface area (Å²) in [5.41, 5.74) is 5.52. The highest BCUT2D eigenvalue weighted by molar-refractivity contribution is 7.13. The van der Waals surface area contributed by atoms with Crippen molar-refractivity contribution in [2.24, 2.45) is 0 Å². The predicted octanol–water partition coefficient (Wildman–Crippen LogP) is -0.258. The first kappa shape index (κ1) is 13.0. The second kappa shape index (κ2) is 5.44. The maximum Gasteiger partial charge on any atom is 0.362 e. The summed E-state index contributed by atoms with van der Waals surface area (Å²) in [6, 6.07) is 0. The number of methoxy groups -OCH3 is 1. The van der Waals surface area contributed by atoms with Gasteiger partial charge in [0.1, 0.15) is 6.54 Å². The van der Waals surface area contributed by atoms with Gasteiger partial charge in [0.25, 0.3) is 0 Å². The minimum Gasteiger partial charge on any atom is -0.464 e. The first-order valence-corrected chi connectivity index (χ1v) is 5.96. The highest BCUT2D eigenvalue weighted by atomic mass is 32.1. The number of hydrogen-bond acceptors (Lipinski definition) is 8. The van der Waals surface area contributed by atoms with Crippen LogP contribution in [-0.4, -0.2) is 39.0 Å². The summed E-state index contributed by atoms with van der Waals surface area (Å²) in [6.07, 6.45) is 1.57. The van der Waals surface area contributed by atoms with E-state index in [2.05, 4.69) is 25.3 Å². The molecule has 0 aliphatic rings. The van der Waals surface area contributed by atoms with Gasteiger partial charge in [-0.3, -0.25) is 4.79 Å². The summed E-state index contributed by atoms with van der Waals surface area (Å²) in [7, 11) is 1.20. The lowest BCUT2D eigenvalue weighted by molar-refractivity contribution is -0.116. The van der Waals surface area contributed by atoms with Crippen molar-refractivity contribution >= 4 is 34.2 Å². The number of nitrogens with one attached hydrogen (secondary N) is 1. The Kier molecular flexibility index (Phi) is 3.71. The van der Waals surface area contributed by atoms with Gasteiger partial charge < -0.3 is 15.8 Å². The van der Waals surface area contributed by atoms with E-state index in [-0.39, 0.29) is 24.0 Å². The van der Waals surface area contributed by atoms with E-state index in [4.69, 9.17) is 5.73 Å². The van der Waals surface area contributed by atoms with Crippen molar-refractivity contribution in [3.8, 4) is 0 Å². The quantitative estimate of drug-likeness (QED) is 0.740. The number of rotatable bonds is 4. The van der Waals surface area contributed by atoms with Crippen LogP contribution in [0.25, 0.3) is 0 Å². The van der Waals surface area contributed by atoms with E-state index in [0.29, 0.717) is 5.13 Å². The topological polar surface area (TPSA) is 125 Å². The minimum absolute atomic E-state index is 0.0267. The minimum atomic E-state index is -0.705. The number of thiazole rings is 1. The van der Waals surface area contributed by atoms with Crippen molar-refractivity contribution in [3.05, 3.63) is 17.3 Å². The Morgan fingerprint density at radius 2 is 2.37 bits per heavy atom. The highest BCUT2D eigenvalue weighted by Crippen LogP contribution is 2.12. The van der Waals surface area contributed by atoms with Crippen LogP contribution in [0.1, 0.15) is 10.5 Å². The molecule has 2 aromatic heterocycles. The Morgan fingerprint density at radius 3 is 3.00 bits per heavy atom. The number of carbonyl (C=O) groups excluding carboxylic acids is 2. The molecule has 19 heavy (non-hydrogen) atoms. The third-order valence-electron chi connectivity index (χ3n) is 2.12. The van der Waals surface area contributed by atoms with E-state index < -0.39 is 5.97 Å². The van der Waals surface area contributed by atoms with Gasteiger partial charge in [-0.05, 0) is 0 Å². The molecule has 1 amide bonds. The van der Waals surface area contributed by atoms with Crippen molar-refractivity contribution in [1.29, 1.82) is 0 Å². The molecule has 0 aliphatic carbocycles. The Hall–Kier alpha value is -2.49. The van der Waals surface area contributed by atoms with E-state index in [1.165, 1.54) is 18.4 Å². The lowest BCUT2D eigenvalue weighted by Gasteiger charge is -2.03. The molecule has 0 saturated carbocycles. The fourth-order valence-electron chi connectivity index (χ4n) is 1.26. The fourth-order valence-corrected chi connectivity index (χ4v) is 1.80. The SMILES string of the molecule is COC(=O)c1nnn(CC(=O)Nc2nccs2)c1N. The Bertz CT molecular complexity index is 593. The van der Waals surface area contributed by atoms with Gasteiger partial charge >= 0.3 is 5.97 Å². The highest BCUT2D eigenvalue weighted by Gasteiger charge is 2.19. The summed E-state index contributed by atoms with van der Waals surface area (Å²) in [5.74, 6) is -1.10. The van der Waals surface area contributed by atoms with Crippen molar-refractivity contribution in [3.63, 3.8) is 0 Å². The molecule has 10 heteroatoms. The molecule has 2 rings (SSSR count). The van der Waals surface area contributed by atoms with Gasteiger partial charge in [-0.1, -0.05) is 5.21 Å². The molecule has 0 aromatic carbocycles. The number of nitrogens with zero attached hydrogens (tertiary/aromatic N) is 4. The van der Waals surface area contributed by atoms with Crippen LogP contribution in [0.15, 0.2) is 11.6 Å². The molecule has 0 fully saturated rings. The van der Waals surface area contributed by atoms with Crippen LogP contribution in [0.5, 0.6) is 0 Å². The van der Waals surface area contributed by atoms with Crippen LogP contribution in [0.3, 0.4) is 0 Å². The molecule has 0 atom stereocenters. The number of aromatic nitrogens is 4. The van der Waals surface area contributed by atoms with Crippen LogP contribution in [-0.2, 0) is 16.1 Å². The van der Waals surface area contributed by atoms with E-state index >= 15 is 0 Å². The first-order chi connectivity index (χ1) is 9.11. The smallest absolute Gasteiger partial charge is 0.362 e. The Balaban J connectivity index is 2.05. The standard InChI is InChI=1S/C9H10N6O3S/c1-18-8(17)6-7(10)15(14-13-6)4-5(16)12-9-11-2-3-19-9/h2-3H,4,10H2,1H3,(H,11,12,16). The van der Waals surface area contributed by atoms with E-state index in [9.17, 15) is 9.59 Å². The van der Waals surface area contributed by atoms with Gasteiger partial charge in [0.05, 0.1) is 7.11 Å². The maximum atomic E-state index is 11.7. The number of nitrogens with two attached hydrogens (primary N) is 1. The van der Waals surface area contributed by atoms with Crippen LogP contribution >= 0.6 is 11.3 Å². The predicted molar refractivity (Wildman–Crippen MR) is 66.5 cm³/mol. The van der Waals surface area contributed by atoms with Crippen LogP contribution < -0.4 is 11.1 Å². The lowest BCUT2D eigenvalue weighted by atomic mass is 10.4. The maximum absolute atomic E-state index is 11.7. The largest absolute Gasteiger partial charge is 0.464 e. The molecule has 0 bridgehead atoms. The molecule has 0 aliphatic heterocycles. The number of amides is 1. The molecule has 0 saturated heterocycles. The average Bonchev–Trinajstić information content (AvgIpc) is 3.00. The summed E-state index contributed by atoms with van der Waals surface area (Å²) in [4.78, 5) is 26.8. The molecule has 9 nitrogen and oxygen atoms in total. The van der Waals surface area contributed by atoms with E-state index in [1.807, 2.05) is 0 Å². The van der Waals surface area contributed by atoms with Crippen molar-refractivity contribution in [2.75, 3.05) is 18.2 Å². The van der Waals surface area contributed by atoms with Crippen molar-refractivity contribution in [2.45, 2.75) is 6.54 Å². The third kappa shape index (κ3) is 2.85. The number of nitrogen functional groups attached to an aromatic ring is 1. The average molecular weight is 282 g/mol. The molecule has 2 aromatic rings. The van der Waals surface area contributed by atoms with Crippen LogP contribution in [0, 0.1) is 0 Å². The van der Waals surface area contributed by atoms with Gasteiger partial charge in [-0.25, -0.2) is 14.5 Å². The van der Waals surface area contributed by atoms with Crippen LogP contribution in [0.2, 0.25) is 0 Å². The van der Waals surface area contributed by atoms with Crippen LogP contribution in [0.4, 0.5) is 10.9 Å². The molecule has 2 heterocycles. The zero-order chi connectivity index (χ0) is 13.8. The summed E-state index contributed by atoms with van der Waals surface area (Å²) in [5, 5.41) is 11.9. The van der Waals surface area contributed by atoms with E-state index in [0.717, 1.165) is 4.68 Å². The monoisotopic (exact) mass is 282 g/mol. The number of esters is 1. The number of ether oxygens (including phenoxy) is 1. The number of hydrogen-bond donors (Lipinski definition) is 2. The zero-order valence-electron chi connectivity index (χ0n) is 9.86. The molecule has 100 valence electrons. The van der Waals surface area contributed by atoms with Gasteiger partial charge in [0, 0.05) is 11.6 Å². The van der Waals surface area contributed by atoms with Gasteiger partial charge in [-0.2, -0.15) is 0 Å². The Labute approximate surface area is 111 Å². The zero-order valence-corrected chi connectivity index (χ0v) is 10.7. The first-order valence-electron chi connectivity index (χ1n) is 5.08. The van der Waals surface area contributed by atoms with Gasteiger partial charge in [0.2, 0.25) is 11.6 Å². The second-order valence-corrected chi connectivity index (χ2v) is 4.25. The van der Waals surface area contributed by atoms with Gasteiger partial charge in [-0.15, -0.1) is 16.4 Å². The van der Waals surface area contributed by atoms with Crippen molar-refractivity contribution in [1.82, 2.24) is 20.0 Å². The molecule has 3 N–H and O–H groups in total. The molecule has 0 radical (unpaired) electrons. The summed E-state index contributed by atoms with van der Waals surface area (Å²) >= 11 is 1.29. The Morgan fingerprint density at radius 1 is 1.58 bits per heavy atom. The molecule has 0 spiro atoms. The normalized spacial score (nSPS) is 10.2. The third-order valence-corrected chi connectivity index (χ3v) is 2.81. The van der Waals surface area contributed by atoms with Gasteiger partial charge in [0.15, 0.2) is 10.9 Å². The second-order valence-electron chi connectivity index (χ2n) is 3.36. The number of anilines is 2. The molecule has 0 unspecified atom stereocenters. The summed E-state index contributed by atoms with van der Waals surface area (Å²) < 4.78 is 5.58. The number of carbonyl (C=O) groups is 2. The lowest BCUT2D eigenvalue weighted by Crippen LogP contribution is -2.21. The summed E-state index contributed by atoms with van der Waals surface area (Å²) in [6.45, 7) is -0.171. The van der Waals surface area contributed by atoms with Crippen molar-refractivity contribution < 1.29 is 14.3 Å². The van der Waals surface area contributed by atoms with E-state index in [1.54, 1.807) is 11.6 Å². The molecular weight excluding hydrogens is 272 g/mol. The fraction of sp³-hybridized carbons (Fsp3) is 0.222. The molecular formula is C9H10N6O3S.